The molecule has 0 bridgehead atoms. The number of aromatic nitrogens is 2. The Morgan fingerprint density at radius 3 is 2.68 bits per heavy atom. The van der Waals surface area contributed by atoms with Gasteiger partial charge in [-0.25, -0.2) is 0 Å². The fraction of sp³-hybridized carbons (Fsp3) is 0.286. The molecule has 2 aromatic rings. The van der Waals surface area contributed by atoms with Crippen molar-refractivity contribution in [3.05, 3.63) is 51.8 Å². The topological polar surface area (TPSA) is 38.1 Å². The minimum absolute atomic E-state index is 0.0126. The van der Waals surface area contributed by atoms with Crippen molar-refractivity contribution in [2.45, 2.75) is 13.5 Å². The molecule has 0 fully saturated rings. The summed E-state index contributed by atoms with van der Waals surface area (Å²) >= 11 is 3.49. The molecule has 0 aliphatic carbocycles. The van der Waals surface area contributed by atoms with Crippen LogP contribution in [0, 0.1) is 6.92 Å². The molecule has 0 saturated heterocycles. The van der Waals surface area contributed by atoms with Crippen LogP contribution in [0.25, 0.3) is 0 Å². The SMILES string of the molecule is Cc1c(C(=O)N(C)Cc2ccccc2Br)cnn1C. The van der Waals surface area contributed by atoms with Crippen molar-refractivity contribution >= 4 is 21.8 Å². The summed E-state index contributed by atoms with van der Waals surface area (Å²) in [5.41, 5.74) is 2.61. The summed E-state index contributed by atoms with van der Waals surface area (Å²) in [5, 5.41) is 4.10. The van der Waals surface area contributed by atoms with Crippen molar-refractivity contribution < 1.29 is 4.79 Å². The third kappa shape index (κ3) is 2.87. The lowest BCUT2D eigenvalue weighted by Gasteiger charge is -2.17. The standard InChI is InChI=1S/C14H16BrN3O/c1-10-12(8-16-18(10)3)14(19)17(2)9-11-6-4-5-7-13(11)15/h4-8H,9H2,1-3H3. The van der Waals surface area contributed by atoms with Gasteiger partial charge in [0, 0.05) is 30.8 Å². The van der Waals surface area contributed by atoms with Crippen molar-refractivity contribution in [2.75, 3.05) is 7.05 Å². The zero-order valence-electron chi connectivity index (χ0n) is 11.2. The number of carbonyl (C=O) groups excluding carboxylic acids is 1. The summed E-state index contributed by atoms with van der Waals surface area (Å²) in [5.74, 6) is -0.0126. The third-order valence-electron chi connectivity index (χ3n) is 3.18. The highest BCUT2D eigenvalue weighted by Crippen LogP contribution is 2.18. The van der Waals surface area contributed by atoms with Crippen LogP contribution >= 0.6 is 15.9 Å². The quantitative estimate of drug-likeness (QED) is 0.871. The molecule has 0 spiro atoms. The fourth-order valence-electron chi connectivity index (χ4n) is 1.87. The number of aryl methyl sites for hydroxylation is 1. The second kappa shape index (κ2) is 5.57. The van der Waals surface area contributed by atoms with Crippen molar-refractivity contribution in [1.82, 2.24) is 14.7 Å². The molecular formula is C14H16BrN3O. The minimum Gasteiger partial charge on any atom is -0.337 e. The molecule has 5 heteroatoms. The molecule has 0 N–H and O–H groups in total. The van der Waals surface area contributed by atoms with Crippen LogP contribution in [0.3, 0.4) is 0 Å². The molecule has 1 aromatic heterocycles. The van der Waals surface area contributed by atoms with Crippen LogP contribution in [0.1, 0.15) is 21.6 Å². The predicted octanol–water partition coefficient (Wildman–Crippen LogP) is 2.76. The first kappa shape index (κ1) is 13.8. The minimum atomic E-state index is -0.0126. The zero-order chi connectivity index (χ0) is 14.0. The molecule has 19 heavy (non-hydrogen) atoms. The van der Waals surface area contributed by atoms with Gasteiger partial charge in [0.05, 0.1) is 11.8 Å². The van der Waals surface area contributed by atoms with Gasteiger partial charge in [0.2, 0.25) is 0 Å². The Hall–Kier alpha value is -1.62. The Labute approximate surface area is 121 Å². The Bertz CT molecular complexity index is 606. The number of hydrogen-bond acceptors (Lipinski definition) is 2. The van der Waals surface area contributed by atoms with Crippen LogP contribution in [0.2, 0.25) is 0 Å². The molecule has 100 valence electrons. The van der Waals surface area contributed by atoms with Gasteiger partial charge in [-0.05, 0) is 18.6 Å². The monoisotopic (exact) mass is 321 g/mol. The van der Waals surface area contributed by atoms with Crippen LogP contribution in [0.5, 0.6) is 0 Å². The van der Waals surface area contributed by atoms with Crippen molar-refractivity contribution in [2.24, 2.45) is 7.05 Å². The summed E-state index contributed by atoms with van der Waals surface area (Å²) < 4.78 is 2.72. The number of halogens is 1. The summed E-state index contributed by atoms with van der Waals surface area (Å²) in [6.07, 6.45) is 1.62. The van der Waals surface area contributed by atoms with Gasteiger partial charge in [0.1, 0.15) is 0 Å². The molecule has 2 rings (SSSR count). The second-order valence-corrected chi connectivity index (χ2v) is 5.37. The molecule has 0 saturated carbocycles. The number of carbonyl (C=O) groups is 1. The van der Waals surface area contributed by atoms with E-state index in [4.69, 9.17) is 0 Å². The van der Waals surface area contributed by atoms with Gasteiger partial charge in [-0.2, -0.15) is 5.10 Å². The van der Waals surface area contributed by atoms with E-state index in [1.807, 2.05) is 38.2 Å². The van der Waals surface area contributed by atoms with E-state index in [1.165, 1.54) is 0 Å². The predicted molar refractivity (Wildman–Crippen MR) is 77.9 cm³/mol. The first-order valence-corrected chi connectivity index (χ1v) is 6.77. The lowest BCUT2D eigenvalue weighted by molar-refractivity contribution is 0.0784. The van der Waals surface area contributed by atoms with E-state index < -0.39 is 0 Å². The van der Waals surface area contributed by atoms with Gasteiger partial charge in [-0.15, -0.1) is 0 Å². The number of amides is 1. The highest BCUT2D eigenvalue weighted by Gasteiger charge is 2.17. The Balaban J connectivity index is 2.17. The molecule has 0 aliphatic heterocycles. The Morgan fingerprint density at radius 2 is 2.11 bits per heavy atom. The second-order valence-electron chi connectivity index (χ2n) is 4.52. The van der Waals surface area contributed by atoms with E-state index in [0.717, 1.165) is 15.7 Å². The van der Waals surface area contributed by atoms with Crippen LogP contribution in [-0.4, -0.2) is 27.6 Å². The molecule has 1 amide bonds. The summed E-state index contributed by atoms with van der Waals surface area (Å²) in [4.78, 5) is 14.1. The highest BCUT2D eigenvalue weighted by molar-refractivity contribution is 9.10. The fourth-order valence-corrected chi connectivity index (χ4v) is 2.28. The van der Waals surface area contributed by atoms with Crippen LogP contribution in [-0.2, 0) is 13.6 Å². The maximum Gasteiger partial charge on any atom is 0.257 e. The number of nitrogens with zero attached hydrogens (tertiary/aromatic N) is 3. The highest BCUT2D eigenvalue weighted by atomic mass is 79.9. The summed E-state index contributed by atoms with van der Waals surface area (Å²) in [6.45, 7) is 2.46. The van der Waals surface area contributed by atoms with Crippen LogP contribution < -0.4 is 0 Å². The molecule has 1 heterocycles. The first-order valence-electron chi connectivity index (χ1n) is 5.98. The van der Waals surface area contributed by atoms with Gasteiger partial charge in [0.15, 0.2) is 0 Å². The molecule has 4 nitrogen and oxygen atoms in total. The van der Waals surface area contributed by atoms with E-state index in [0.29, 0.717) is 12.1 Å². The van der Waals surface area contributed by atoms with Crippen molar-refractivity contribution in [3.63, 3.8) is 0 Å². The maximum atomic E-state index is 12.4. The van der Waals surface area contributed by atoms with Gasteiger partial charge in [0.25, 0.3) is 5.91 Å². The third-order valence-corrected chi connectivity index (χ3v) is 3.95. The van der Waals surface area contributed by atoms with Gasteiger partial charge >= 0.3 is 0 Å². The lowest BCUT2D eigenvalue weighted by Crippen LogP contribution is -2.26. The van der Waals surface area contributed by atoms with E-state index in [9.17, 15) is 4.79 Å². The zero-order valence-corrected chi connectivity index (χ0v) is 12.8. The molecule has 0 aliphatic rings. The summed E-state index contributed by atoms with van der Waals surface area (Å²) in [6, 6.07) is 7.90. The average molecular weight is 322 g/mol. The van der Waals surface area contributed by atoms with Crippen molar-refractivity contribution in [3.8, 4) is 0 Å². The maximum absolute atomic E-state index is 12.4. The molecular weight excluding hydrogens is 306 g/mol. The van der Waals surface area contributed by atoms with Crippen LogP contribution in [0.4, 0.5) is 0 Å². The summed E-state index contributed by atoms with van der Waals surface area (Å²) in [7, 11) is 3.63. The van der Waals surface area contributed by atoms with Crippen molar-refractivity contribution in [1.29, 1.82) is 0 Å². The smallest absolute Gasteiger partial charge is 0.257 e. The lowest BCUT2D eigenvalue weighted by atomic mass is 10.2. The van der Waals surface area contributed by atoms with Gasteiger partial charge in [-0.3, -0.25) is 9.48 Å². The van der Waals surface area contributed by atoms with E-state index in [2.05, 4.69) is 21.0 Å². The van der Waals surface area contributed by atoms with Gasteiger partial charge < -0.3 is 4.90 Å². The van der Waals surface area contributed by atoms with E-state index in [-0.39, 0.29) is 5.91 Å². The number of hydrogen-bond donors (Lipinski definition) is 0. The van der Waals surface area contributed by atoms with Crippen LogP contribution in [0.15, 0.2) is 34.9 Å². The van der Waals surface area contributed by atoms with E-state index in [1.54, 1.807) is 22.8 Å². The first-order chi connectivity index (χ1) is 9.00. The Morgan fingerprint density at radius 1 is 1.42 bits per heavy atom. The van der Waals surface area contributed by atoms with Gasteiger partial charge in [-0.1, -0.05) is 34.1 Å². The Kier molecular flexibility index (Phi) is 4.04. The molecule has 0 atom stereocenters. The number of rotatable bonds is 3. The largest absolute Gasteiger partial charge is 0.337 e. The normalized spacial score (nSPS) is 10.5. The number of benzene rings is 1. The molecule has 0 unspecified atom stereocenters. The molecule has 1 aromatic carbocycles. The average Bonchev–Trinajstić information content (AvgIpc) is 2.72. The molecule has 0 radical (unpaired) electrons. The van der Waals surface area contributed by atoms with E-state index >= 15 is 0 Å².